The van der Waals surface area contributed by atoms with Crippen LogP contribution in [0.15, 0.2) is 58.4 Å². The van der Waals surface area contributed by atoms with Gasteiger partial charge in [-0.1, -0.05) is 38.1 Å². The molecule has 2 saturated heterocycles. The van der Waals surface area contributed by atoms with Crippen LogP contribution in [0, 0.1) is 17.0 Å². The molecule has 0 aliphatic carbocycles. The summed E-state index contributed by atoms with van der Waals surface area (Å²) in [5.74, 6) is -3.42. The van der Waals surface area contributed by atoms with Crippen molar-refractivity contribution >= 4 is 29.8 Å². The number of benzene rings is 2. The quantitative estimate of drug-likeness (QED) is 0.292. The van der Waals surface area contributed by atoms with Crippen LogP contribution in [0.4, 0.5) is 13.6 Å². The Hall–Kier alpha value is -4.63. The molecule has 2 aromatic carbocycles. The van der Waals surface area contributed by atoms with E-state index in [0.29, 0.717) is 5.56 Å². The Kier molecular flexibility index (Phi) is 7.83. The van der Waals surface area contributed by atoms with Crippen LogP contribution in [0.25, 0.3) is 0 Å². The van der Waals surface area contributed by atoms with E-state index in [1.54, 1.807) is 18.9 Å². The molecule has 1 aromatic heterocycles. The molecule has 0 unspecified atom stereocenters. The van der Waals surface area contributed by atoms with Crippen LogP contribution >= 0.6 is 11.8 Å². The van der Waals surface area contributed by atoms with Gasteiger partial charge in [0.25, 0.3) is 5.91 Å². The fraction of sp³-hybridized carbons (Fsp3) is 0.375. The molecule has 0 spiro atoms. The van der Waals surface area contributed by atoms with Crippen LogP contribution in [0.2, 0.25) is 0 Å². The first-order valence-electron chi connectivity index (χ1n) is 14.8. The number of cyclic esters (lactones) is 1. The number of hydrogen-bond donors (Lipinski definition) is 0. The maximum Gasteiger partial charge on any atom is 0.512 e. The molecule has 12 nitrogen and oxygen atoms in total. The molecule has 4 aliphatic rings. The third-order valence-corrected chi connectivity index (χ3v) is 9.75. The summed E-state index contributed by atoms with van der Waals surface area (Å²) in [6, 6.07) is 10.5. The predicted molar refractivity (Wildman–Crippen MR) is 160 cm³/mol. The fourth-order valence-electron chi connectivity index (χ4n) is 6.31. The Morgan fingerprint density at radius 2 is 1.89 bits per heavy atom. The second kappa shape index (κ2) is 11.9. The average Bonchev–Trinajstić information content (AvgIpc) is 3.21. The van der Waals surface area contributed by atoms with Crippen LogP contribution in [0.5, 0.6) is 5.75 Å². The lowest BCUT2D eigenvalue weighted by atomic mass is 9.90. The molecule has 0 radical (unpaired) electrons. The number of carbonyl (C=O) groups excluding carboxylic acids is 3. The number of esters is 1. The highest BCUT2D eigenvalue weighted by Gasteiger charge is 2.48. The number of thioether (sulfide) groups is 1. The molecule has 2 fully saturated rings. The molecule has 5 heterocycles. The van der Waals surface area contributed by atoms with Gasteiger partial charge < -0.3 is 28.6 Å². The van der Waals surface area contributed by atoms with Gasteiger partial charge in [0.05, 0.1) is 19.3 Å². The molecule has 7 rings (SSSR count). The zero-order valence-corrected chi connectivity index (χ0v) is 26.1. The van der Waals surface area contributed by atoms with Crippen LogP contribution in [-0.2, 0) is 29.5 Å². The molecule has 246 valence electrons. The third kappa shape index (κ3) is 5.26. The van der Waals surface area contributed by atoms with Crippen molar-refractivity contribution in [1.82, 2.24) is 9.58 Å². The predicted octanol–water partition coefficient (Wildman–Crippen LogP) is 3.71. The maximum absolute atomic E-state index is 15.4. The van der Waals surface area contributed by atoms with E-state index in [2.05, 4.69) is 0 Å². The van der Waals surface area contributed by atoms with Gasteiger partial charge in [-0.3, -0.25) is 19.3 Å². The molecular weight excluding hydrogens is 640 g/mol. The average molecular weight is 670 g/mol. The Morgan fingerprint density at radius 1 is 1.09 bits per heavy atom. The minimum atomic E-state index is -1.23. The van der Waals surface area contributed by atoms with E-state index in [-0.39, 0.29) is 43.4 Å². The molecule has 15 heteroatoms. The highest BCUT2D eigenvalue weighted by atomic mass is 32.2. The fourth-order valence-corrected chi connectivity index (χ4v) is 7.43. The summed E-state index contributed by atoms with van der Waals surface area (Å²) in [5, 5.41) is 1.80. The van der Waals surface area contributed by atoms with Crippen LogP contribution in [0.1, 0.15) is 47.1 Å². The summed E-state index contributed by atoms with van der Waals surface area (Å²) < 4.78 is 58.0. The number of ether oxygens (including phenoxy) is 5. The molecule has 0 saturated carbocycles. The summed E-state index contributed by atoms with van der Waals surface area (Å²) in [6.07, 6.45) is -1.72. The van der Waals surface area contributed by atoms with E-state index in [0.717, 1.165) is 16.5 Å². The minimum Gasteiger partial charge on any atom is -0.462 e. The maximum atomic E-state index is 15.4. The van der Waals surface area contributed by atoms with Gasteiger partial charge in [-0.05, 0) is 23.3 Å². The van der Waals surface area contributed by atoms with E-state index in [1.807, 2.05) is 24.3 Å². The third-order valence-electron chi connectivity index (χ3n) is 8.64. The first-order chi connectivity index (χ1) is 22.6. The number of amides is 1. The van der Waals surface area contributed by atoms with Crippen LogP contribution in [0.3, 0.4) is 0 Å². The summed E-state index contributed by atoms with van der Waals surface area (Å²) in [4.78, 5) is 54.1. The second-order valence-corrected chi connectivity index (χ2v) is 13.1. The summed E-state index contributed by atoms with van der Waals surface area (Å²) in [7, 11) is 0. The lowest BCUT2D eigenvalue weighted by molar-refractivity contribution is -0.147. The van der Waals surface area contributed by atoms with E-state index in [1.165, 1.54) is 39.7 Å². The van der Waals surface area contributed by atoms with Gasteiger partial charge in [0.1, 0.15) is 12.8 Å². The number of carbonyl (C=O) groups is 3. The van der Waals surface area contributed by atoms with E-state index in [4.69, 9.17) is 23.7 Å². The Morgan fingerprint density at radius 3 is 2.68 bits per heavy atom. The smallest absolute Gasteiger partial charge is 0.462 e. The standard InChI is InChI=1S/C32H29F2N3O9S/c1-32(2)15-43-30(40)28(32)46-31(41)45-16-44-27-21(38)9-10-36-26(27)29(39)35-11-12-42-13-23(35)37(36)25-17-7-8-20(33)24(34)19(17)14-47-22-6-4-3-5-18(22)25/h3-10,23,25,28H,11-16H2,1-2H3/t23-,25+,28+/m1/s1. The van der Waals surface area contributed by atoms with Crippen molar-refractivity contribution in [3.05, 3.63) is 92.9 Å². The first-order valence-corrected chi connectivity index (χ1v) is 15.8. The molecule has 1 amide bonds. The van der Waals surface area contributed by atoms with Crippen molar-refractivity contribution in [3.63, 3.8) is 0 Å². The zero-order chi connectivity index (χ0) is 33.0. The van der Waals surface area contributed by atoms with E-state index < -0.39 is 71.4 Å². The molecule has 4 aliphatic heterocycles. The molecule has 3 atom stereocenters. The van der Waals surface area contributed by atoms with Crippen molar-refractivity contribution in [1.29, 1.82) is 0 Å². The number of pyridine rings is 1. The van der Waals surface area contributed by atoms with E-state index in [9.17, 15) is 23.6 Å². The largest absolute Gasteiger partial charge is 0.512 e. The lowest BCUT2D eigenvalue weighted by Gasteiger charge is -2.51. The monoisotopic (exact) mass is 669 g/mol. The SMILES string of the molecule is CC1(C)COC(=O)[C@@H]1OC(=O)OCOc1c2n(ccc1=O)N([C@@H]1c3ccccc3SCc3c1ccc(F)c3F)[C@@H]1COCCN1C2=O. The van der Waals surface area contributed by atoms with E-state index >= 15 is 4.39 Å². The Labute approximate surface area is 271 Å². The first kappa shape index (κ1) is 31.0. The molecule has 0 N–H and O–H groups in total. The van der Waals surface area contributed by atoms with Gasteiger partial charge in [-0.2, -0.15) is 0 Å². The molecule has 0 bridgehead atoms. The van der Waals surface area contributed by atoms with Crippen LogP contribution < -0.4 is 15.2 Å². The number of morpholine rings is 1. The van der Waals surface area contributed by atoms with Crippen molar-refractivity contribution in [2.75, 3.05) is 38.2 Å². The normalized spacial score (nSPS) is 22.7. The van der Waals surface area contributed by atoms with Crippen molar-refractivity contribution in [2.24, 2.45) is 5.41 Å². The molecule has 3 aromatic rings. The van der Waals surface area contributed by atoms with Crippen molar-refractivity contribution in [2.45, 2.75) is 42.8 Å². The number of aromatic nitrogens is 1. The molecular formula is C32H29F2N3O9S. The van der Waals surface area contributed by atoms with Gasteiger partial charge >= 0.3 is 12.1 Å². The van der Waals surface area contributed by atoms with Crippen LogP contribution in [-0.4, -0.2) is 73.0 Å². The number of hydrogen-bond acceptors (Lipinski definition) is 11. The Bertz CT molecular complexity index is 1850. The summed E-state index contributed by atoms with van der Waals surface area (Å²) in [6.45, 7) is 3.11. The van der Waals surface area contributed by atoms with Gasteiger partial charge in [0, 0.05) is 40.4 Å². The lowest BCUT2D eigenvalue weighted by Crippen LogP contribution is -2.66. The molecule has 47 heavy (non-hydrogen) atoms. The van der Waals surface area contributed by atoms with Gasteiger partial charge in [-0.15, -0.1) is 11.8 Å². The zero-order valence-electron chi connectivity index (χ0n) is 25.3. The Balaban J connectivity index is 1.29. The minimum absolute atomic E-state index is 0.0601. The van der Waals surface area contributed by atoms with Gasteiger partial charge in [0.15, 0.2) is 17.3 Å². The van der Waals surface area contributed by atoms with Gasteiger partial charge in [-0.25, -0.2) is 18.4 Å². The second-order valence-electron chi connectivity index (χ2n) is 12.0. The summed E-state index contributed by atoms with van der Waals surface area (Å²) >= 11 is 1.37. The number of rotatable bonds is 5. The highest BCUT2D eigenvalue weighted by molar-refractivity contribution is 7.98. The number of nitrogens with zero attached hydrogens (tertiary/aromatic N) is 3. The van der Waals surface area contributed by atoms with Crippen molar-refractivity contribution < 1.29 is 46.8 Å². The number of fused-ring (bicyclic) bond motifs is 4. The topological polar surface area (TPSA) is 126 Å². The summed E-state index contributed by atoms with van der Waals surface area (Å²) in [5.41, 5.74) is -0.176. The van der Waals surface area contributed by atoms with Crippen molar-refractivity contribution in [3.8, 4) is 5.75 Å². The number of halogens is 2. The van der Waals surface area contributed by atoms with Gasteiger partial charge in [0.2, 0.25) is 24.1 Å². The highest BCUT2D eigenvalue weighted by Crippen LogP contribution is 2.45.